The van der Waals surface area contributed by atoms with Crippen molar-refractivity contribution in [2.24, 2.45) is 0 Å². The standard InChI is InChI=1S/C21H21ClN2O4/c22-16-6-7-19-18(12-16)24(21(26)28-19)17-8-10-23(11-9-17)20(25)14-27-13-15-4-2-1-3-5-15/h1-7,12,17H,8-11,13-14H2. The van der Waals surface area contributed by atoms with Crippen LogP contribution in [0.2, 0.25) is 5.02 Å². The van der Waals surface area contributed by atoms with Gasteiger partial charge in [0.2, 0.25) is 5.91 Å². The number of aromatic nitrogens is 1. The van der Waals surface area contributed by atoms with Gasteiger partial charge in [-0.15, -0.1) is 0 Å². The van der Waals surface area contributed by atoms with E-state index >= 15 is 0 Å². The zero-order valence-electron chi connectivity index (χ0n) is 15.3. The molecule has 7 heteroatoms. The number of hydrogen-bond acceptors (Lipinski definition) is 4. The van der Waals surface area contributed by atoms with Crippen molar-refractivity contribution < 1.29 is 13.9 Å². The molecule has 1 saturated heterocycles. The summed E-state index contributed by atoms with van der Waals surface area (Å²) >= 11 is 6.07. The number of fused-ring (bicyclic) bond motifs is 1. The van der Waals surface area contributed by atoms with Gasteiger partial charge in [-0.05, 0) is 36.6 Å². The number of likely N-dealkylation sites (tertiary alicyclic amines) is 1. The Morgan fingerprint density at radius 1 is 1.14 bits per heavy atom. The fourth-order valence-corrected chi connectivity index (χ4v) is 3.81. The zero-order valence-corrected chi connectivity index (χ0v) is 16.1. The van der Waals surface area contributed by atoms with E-state index in [0.717, 1.165) is 5.56 Å². The SMILES string of the molecule is O=C(COCc1ccccc1)N1CCC(n2c(=O)oc3ccc(Cl)cc32)CC1. The number of rotatable bonds is 5. The smallest absolute Gasteiger partial charge is 0.408 e. The summed E-state index contributed by atoms with van der Waals surface area (Å²) in [6.07, 6.45) is 1.37. The number of carbonyl (C=O) groups excluding carboxylic acids is 1. The fourth-order valence-electron chi connectivity index (χ4n) is 3.65. The first-order chi connectivity index (χ1) is 13.6. The highest BCUT2D eigenvalue weighted by Gasteiger charge is 2.26. The minimum absolute atomic E-state index is 0.0125. The Balaban J connectivity index is 1.34. The molecule has 146 valence electrons. The van der Waals surface area contributed by atoms with E-state index in [9.17, 15) is 9.59 Å². The average Bonchev–Trinajstić information content (AvgIpc) is 3.04. The molecule has 0 bridgehead atoms. The molecule has 28 heavy (non-hydrogen) atoms. The molecule has 0 aliphatic carbocycles. The second-order valence-electron chi connectivity index (χ2n) is 6.94. The first-order valence-electron chi connectivity index (χ1n) is 9.32. The van der Waals surface area contributed by atoms with Crippen LogP contribution >= 0.6 is 11.6 Å². The largest absolute Gasteiger partial charge is 0.420 e. The van der Waals surface area contributed by atoms with Crippen molar-refractivity contribution in [2.45, 2.75) is 25.5 Å². The number of amides is 1. The number of nitrogens with zero attached hydrogens (tertiary/aromatic N) is 2. The molecular formula is C21H21ClN2O4. The van der Waals surface area contributed by atoms with Gasteiger partial charge in [0.25, 0.3) is 0 Å². The maximum atomic E-state index is 12.4. The topological polar surface area (TPSA) is 64.7 Å². The number of piperidine rings is 1. The van der Waals surface area contributed by atoms with Crippen molar-refractivity contribution in [1.29, 1.82) is 0 Å². The van der Waals surface area contributed by atoms with E-state index in [1.807, 2.05) is 30.3 Å². The molecule has 6 nitrogen and oxygen atoms in total. The molecule has 0 atom stereocenters. The van der Waals surface area contributed by atoms with E-state index in [2.05, 4.69) is 0 Å². The molecule has 0 unspecified atom stereocenters. The van der Waals surface area contributed by atoms with E-state index in [1.54, 1.807) is 27.7 Å². The summed E-state index contributed by atoms with van der Waals surface area (Å²) in [5.74, 6) is -0.407. The number of benzene rings is 2. The van der Waals surface area contributed by atoms with Crippen LogP contribution in [0.3, 0.4) is 0 Å². The Morgan fingerprint density at radius 3 is 2.64 bits per heavy atom. The lowest BCUT2D eigenvalue weighted by atomic mass is 10.0. The molecule has 1 fully saturated rings. The summed E-state index contributed by atoms with van der Waals surface area (Å²) in [5.41, 5.74) is 2.27. The number of ether oxygens (including phenoxy) is 1. The quantitative estimate of drug-likeness (QED) is 0.656. The average molecular weight is 401 g/mol. The Labute approximate surface area is 167 Å². The van der Waals surface area contributed by atoms with Crippen LogP contribution in [0, 0.1) is 0 Å². The van der Waals surface area contributed by atoms with Gasteiger partial charge in [-0.25, -0.2) is 4.79 Å². The Hall–Kier alpha value is -2.57. The highest BCUT2D eigenvalue weighted by atomic mass is 35.5. The van der Waals surface area contributed by atoms with Crippen LogP contribution in [0.25, 0.3) is 11.1 Å². The van der Waals surface area contributed by atoms with Gasteiger partial charge in [0.05, 0.1) is 12.1 Å². The second-order valence-corrected chi connectivity index (χ2v) is 7.38. The Bertz CT molecular complexity index is 1020. The predicted octanol–water partition coefficient (Wildman–Crippen LogP) is 3.63. The Kier molecular flexibility index (Phi) is 5.50. The molecular weight excluding hydrogens is 380 g/mol. The third kappa shape index (κ3) is 3.98. The highest BCUT2D eigenvalue weighted by Crippen LogP contribution is 2.27. The predicted molar refractivity (Wildman–Crippen MR) is 106 cm³/mol. The monoisotopic (exact) mass is 400 g/mol. The first-order valence-corrected chi connectivity index (χ1v) is 9.69. The van der Waals surface area contributed by atoms with Gasteiger partial charge in [-0.3, -0.25) is 9.36 Å². The second kappa shape index (κ2) is 8.20. The van der Waals surface area contributed by atoms with Gasteiger partial charge < -0.3 is 14.1 Å². The van der Waals surface area contributed by atoms with E-state index in [1.165, 1.54) is 0 Å². The van der Waals surface area contributed by atoms with Crippen LogP contribution in [0.1, 0.15) is 24.4 Å². The summed E-state index contributed by atoms with van der Waals surface area (Å²) in [5, 5.41) is 0.560. The van der Waals surface area contributed by atoms with E-state index in [-0.39, 0.29) is 24.3 Å². The van der Waals surface area contributed by atoms with E-state index in [0.29, 0.717) is 48.7 Å². The lowest BCUT2D eigenvalue weighted by Crippen LogP contribution is -2.41. The first kappa shape index (κ1) is 18.8. The molecule has 1 aliphatic rings. The van der Waals surface area contributed by atoms with Gasteiger partial charge in [0, 0.05) is 24.2 Å². The summed E-state index contributed by atoms with van der Waals surface area (Å²) < 4.78 is 12.5. The van der Waals surface area contributed by atoms with Crippen LogP contribution < -0.4 is 5.76 Å². The molecule has 0 N–H and O–H groups in total. The van der Waals surface area contributed by atoms with Crippen molar-refractivity contribution in [3.63, 3.8) is 0 Å². The molecule has 0 radical (unpaired) electrons. The highest BCUT2D eigenvalue weighted by molar-refractivity contribution is 6.31. The molecule has 0 spiro atoms. The molecule has 1 amide bonds. The molecule has 2 aromatic carbocycles. The third-order valence-electron chi connectivity index (χ3n) is 5.09. The molecule has 1 aliphatic heterocycles. The summed E-state index contributed by atoms with van der Waals surface area (Å²) in [6, 6.07) is 14.9. The van der Waals surface area contributed by atoms with Crippen LogP contribution in [0.5, 0.6) is 0 Å². The fraction of sp³-hybridized carbons (Fsp3) is 0.333. The summed E-state index contributed by atoms with van der Waals surface area (Å²) in [4.78, 5) is 26.5. The maximum absolute atomic E-state index is 12.4. The third-order valence-corrected chi connectivity index (χ3v) is 5.33. The number of oxazole rings is 1. The number of hydrogen-bond donors (Lipinski definition) is 0. The van der Waals surface area contributed by atoms with E-state index < -0.39 is 0 Å². The van der Waals surface area contributed by atoms with Gasteiger partial charge in [0.1, 0.15) is 6.61 Å². The summed E-state index contributed by atoms with van der Waals surface area (Å²) in [6.45, 7) is 1.64. The summed E-state index contributed by atoms with van der Waals surface area (Å²) in [7, 11) is 0. The van der Waals surface area contributed by atoms with Crippen LogP contribution in [0.15, 0.2) is 57.7 Å². The van der Waals surface area contributed by atoms with Gasteiger partial charge in [0.15, 0.2) is 5.58 Å². The lowest BCUT2D eigenvalue weighted by Gasteiger charge is -2.32. The van der Waals surface area contributed by atoms with Crippen LogP contribution in [-0.2, 0) is 16.1 Å². The van der Waals surface area contributed by atoms with Crippen LogP contribution in [0.4, 0.5) is 0 Å². The van der Waals surface area contributed by atoms with Crippen molar-refractivity contribution in [2.75, 3.05) is 19.7 Å². The van der Waals surface area contributed by atoms with E-state index in [4.69, 9.17) is 20.8 Å². The van der Waals surface area contributed by atoms with Gasteiger partial charge in [-0.2, -0.15) is 0 Å². The van der Waals surface area contributed by atoms with Crippen LogP contribution in [-0.4, -0.2) is 35.1 Å². The molecule has 4 rings (SSSR count). The maximum Gasteiger partial charge on any atom is 0.420 e. The van der Waals surface area contributed by atoms with Crippen molar-refractivity contribution in [3.05, 3.63) is 69.7 Å². The molecule has 0 saturated carbocycles. The van der Waals surface area contributed by atoms with Crippen molar-refractivity contribution in [3.8, 4) is 0 Å². The lowest BCUT2D eigenvalue weighted by molar-refractivity contribution is -0.137. The minimum atomic E-state index is -0.381. The number of halogens is 1. The normalized spacial score (nSPS) is 15.2. The van der Waals surface area contributed by atoms with Gasteiger partial charge >= 0.3 is 5.76 Å². The van der Waals surface area contributed by atoms with Crippen molar-refractivity contribution >= 4 is 28.6 Å². The minimum Gasteiger partial charge on any atom is -0.408 e. The Morgan fingerprint density at radius 2 is 1.89 bits per heavy atom. The van der Waals surface area contributed by atoms with Gasteiger partial charge in [-0.1, -0.05) is 41.9 Å². The molecule has 3 aromatic rings. The van der Waals surface area contributed by atoms with Crippen molar-refractivity contribution in [1.82, 2.24) is 9.47 Å². The zero-order chi connectivity index (χ0) is 19.5. The number of carbonyl (C=O) groups is 1. The molecule has 1 aromatic heterocycles. The molecule has 2 heterocycles.